The highest BCUT2D eigenvalue weighted by Gasteiger charge is 2.23. The third-order valence-corrected chi connectivity index (χ3v) is 3.31. The molecule has 5 heteroatoms. The Hall–Kier alpha value is -1.26. The molecule has 0 unspecified atom stereocenters. The first-order valence-electron chi connectivity index (χ1n) is 6.98. The Bertz CT molecular complexity index is 473. The smallest absolute Gasteiger partial charge is 0.258 e. The predicted molar refractivity (Wildman–Crippen MR) is 80.1 cm³/mol. The summed E-state index contributed by atoms with van der Waals surface area (Å²) in [6.45, 7) is 4.97. The van der Waals surface area contributed by atoms with Gasteiger partial charge in [0, 0.05) is 18.6 Å². The van der Waals surface area contributed by atoms with Crippen LogP contribution in [0.15, 0.2) is 18.2 Å². The van der Waals surface area contributed by atoms with Crippen LogP contribution in [-0.2, 0) is 11.3 Å². The number of benzene rings is 1. The van der Waals surface area contributed by atoms with E-state index in [0.717, 1.165) is 24.9 Å². The van der Waals surface area contributed by atoms with E-state index in [1.165, 1.54) is 0 Å². The van der Waals surface area contributed by atoms with Crippen molar-refractivity contribution in [3.05, 3.63) is 28.8 Å². The molecule has 20 heavy (non-hydrogen) atoms. The number of nitrogens with one attached hydrogen (secondary N) is 2. The van der Waals surface area contributed by atoms with Gasteiger partial charge in [0.15, 0.2) is 6.61 Å². The summed E-state index contributed by atoms with van der Waals surface area (Å²) in [5.41, 5.74) is 1.10. The van der Waals surface area contributed by atoms with Gasteiger partial charge in [0.25, 0.3) is 5.91 Å². The van der Waals surface area contributed by atoms with Crippen LogP contribution < -0.4 is 15.4 Å². The molecule has 0 spiro atoms. The van der Waals surface area contributed by atoms with E-state index in [9.17, 15) is 4.79 Å². The van der Waals surface area contributed by atoms with E-state index in [1.54, 1.807) is 0 Å². The number of rotatable bonds is 7. The highest BCUT2D eigenvalue weighted by molar-refractivity contribution is 6.32. The zero-order valence-electron chi connectivity index (χ0n) is 11.9. The summed E-state index contributed by atoms with van der Waals surface area (Å²) in [5.74, 6) is 0.458. The Morgan fingerprint density at radius 3 is 2.80 bits per heavy atom. The van der Waals surface area contributed by atoms with E-state index in [4.69, 9.17) is 16.3 Å². The molecular formula is C15H21ClN2O2. The van der Waals surface area contributed by atoms with E-state index < -0.39 is 0 Å². The van der Waals surface area contributed by atoms with Crippen molar-refractivity contribution in [3.8, 4) is 5.75 Å². The largest absolute Gasteiger partial charge is 0.482 e. The fourth-order valence-corrected chi connectivity index (χ4v) is 1.99. The van der Waals surface area contributed by atoms with E-state index in [-0.39, 0.29) is 12.5 Å². The van der Waals surface area contributed by atoms with Gasteiger partial charge in [0.05, 0.1) is 5.02 Å². The van der Waals surface area contributed by atoms with Crippen molar-refractivity contribution < 1.29 is 9.53 Å². The topological polar surface area (TPSA) is 50.4 Å². The molecule has 0 bridgehead atoms. The molecule has 2 N–H and O–H groups in total. The maximum absolute atomic E-state index is 11.5. The van der Waals surface area contributed by atoms with E-state index in [0.29, 0.717) is 22.9 Å². The molecule has 1 amide bonds. The Balaban J connectivity index is 1.83. The van der Waals surface area contributed by atoms with Crippen LogP contribution in [-0.4, -0.2) is 24.6 Å². The normalized spacial score (nSPS) is 14.4. The summed E-state index contributed by atoms with van der Waals surface area (Å²) in [4.78, 5) is 11.5. The summed E-state index contributed by atoms with van der Waals surface area (Å²) >= 11 is 6.16. The van der Waals surface area contributed by atoms with Gasteiger partial charge in [-0.1, -0.05) is 31.5 Å². The lowest BCUT2D eigenvalue weighted by Crippen LogP contribution is -2.30. The lowest BCUT2D eigenvalue weighted by atomic mass is 10.2. The average Bonchev–Trinajstić information content (AvgIpc) is 3.19. The fourth-order valence-electron chi connectivity index (χ4n) is 1.73. The van der Waals surface area contributed by atoms with Gasteiger partial charge in [-0.05, 0) is 30.5 Å². The third-order valence-electron chi connectivity index (χ3n) is 3.01. The number of amides is 1. The minimum Gasteiger partial charge on any atom is -0.482 e. The first kappa shape index (κ1) is 15.1. The van der Waals surface area contributed by atoms with Crippen LogP contribution in [0, 0.1) is 0 Å². The Morgan fingerprint density at radius 2 is 2.20 bits per heavy atom. The molecule has 0 heterocycles. The van der Waals surface area contributed by atoms with Crippen molar-refractivity contribution in [1.82, 2.24) is 10.6 Å². The van der Waals surface area contributed by atoms with Gasteiger partial charge >= 0.3 is 0 Å². The van der Waals surface area contributed by atoms with Crippen molar-refractivity contribution in [2.75, 3.05) is 6.61 Å². The quantitative estimate of drug-likeness (QED) is 0.813. The molecule has 1 aliphatic carbocycles. The molecular weight excluding hydrogens is 276 g/mol. The zero-order chi connectivity index (χ0) is 14.5. The maximum Gasteiger partial charge on any atom is 0.258 e. The van der Waals surface area contributed by atoms with Crippen molar-refractivity contribution >= 4 is 17.5 Å². The number of carbonyl (C=O) groups excluding carboxylic acids is 1. The maximum atomic E-state index is 11.5. The second-order valence-corrected chi connectivity index (χ2v) is 5.84. The van der Waals surface area contributed by atoms with Crippen LogP contribution >= 0.6 is 11.6 Å². The summed E-state index contributed by atoms with van der Waals surface area (Å²) in [5, 5.41) is 6.73. The van der Waals surface area contributed by atoms with Crippen molar-refractivity contribution in [3.63, 3.8) is 0 Å². The van der Waals surface area contributed by atoms with Crippen LogP contribution in [0.25, 0.3) is 0 Å². The van der Waals surface area contributed by atoms with E-state index in [1.807, 2.05) is 18.2 Å². The molecule has 1 saturated carbocycles. The van der Waals surface area contributed by atoms with Crippen molar-refractivity contribution in [2.45, 2.75) is 45.3 Å². The van der Waals surface area contributed by atoms with Crippen LogP contribution in [0.5, 0.6) is 5.75 Å². The lowest BCUT2D eigenvalue weighted by molar-refractivity contribution is -0.123. The van der Waals surface area contributed by atoms with Crippen LogP contribution in [0.2, 0.25) is 5.02 Å². The molecule has 1 aromatic carbocycles. The monoisotopic (exact) mass is 296 g/mol. The lowest BCUT2D eigenvalue weighted by Gasteiger charge is -2.11. The second kappa shape index (κ2) is 6.95. The SMILES string of the molecule is CC(C)NCc1ccc(OCC(=O)NC2CC2)c(Cl)c1. The second-order valence-electron chi connectivity index (χ2n) is 5.43. The molecule has 1 aliphatic rings. The van der Waals surface area contributed by atoms with Gasteiger partial charge in [-0.15, -0.1) is 0 Å². The van der Waals surface area contributed by atoms with Gasteiger partial charge in [-0.3, -0.25) is 4.79 Å². The van der Waals surface area contributed by atoms with Gasteiger partial charge in [-0.2, -0.15) is 0 Å². The summed E-state index contributed by atoms with van der Waals surface area (Å²) < 4.78 is 5.44. The zero-order valence-corrected chi connectivity index (χ0v) is 12.7. The summed E-state index contributed by atoms with van der Waals surface area (Å²) in [7, 11) is 0. The van der Waals surface area contributed by atoms with Gasteiger partial charge in [-0.25, -0.2) is 0 Å². The highest BCUT2D eigenvalue weighted by atomic mass is 35.5. The Morgan fingerprint density at radius 1 is 1.45 bits per heavy atom. The molecule has 0 atom stereocenters. The number of hydrogen-bond acceptors (Lipinski definition) is 3. The molecule has 110 valence electrons. The van der Waals surface area contributed by atoms with Crippen LogP contribution in [0.4, 0.5) is 0 Å². The Labute approximate surface area is 124 Å². The molecule has 0 saturated heterocycles. The van der Waals surface area contributed by atoms with E-state index >= 15 is 0 Å². The molecule has 1 aromatic rings. The molecule has 2 rings (SSSR count). The Kier molecular flexibility index (Phi) is 5.26. The number of ether oxygens (including phenoxy) is 1. The highest BCUT2D eigenvalue weighted by Crippen LogP contribution is 2.25. The average molecular weight is 297 g/mol. The molecule has 1 fully saturated rings. The van der Waals surface area contributed by atoms with Gasteiger partial charge < -0.3 is 15.4 Å². The number of carbonyl (C=O) groups is 1. The predicted octanol–water partition coefficient (Wildman–Crippen LogP) is 2.50. The van der Waals surface area contributed by atoms with Gasteiger partial charge in [0.2, 0.25) is 0 Å². The number of halogens is 1. The first-order valence-corrected chi connectivity index (χ1v) is 7.36. The number of hydrogen-bond donors (Lipinski definition) is 2. The van der Waals surface area contributed by atoms with Crippen LogP contribution in [0.3, 0.4) is 0 Å². The fraction of sp³-hybridized carbons (Fsp3) is 0.533. The molecule has 0 aliphatic heterocycles. The first-order chi connectivity index (χ1) is 9.54. The molecule has 0 aromatic heterocycles. The molecule has 0 radical (unpaired) electrons. The minimum atomic E-state index is -0.0888. The van der Waals surface area contributed by atoms with Crippen LogP contribution in [0.1, 0.15) is 32.3 Å². The van der Waals surface area contributed by atoms with Gasteiger partial charge in [0.1, 0.15) is 5.75 Å². The summed E-state index contributed by atoms with van der Waals surface area (Å²) in [6.07, 6.45) is 2.15. The minimum absolute atomic E-state index is 0.0137. The molecule has 4 nitrogen and oxygen atoms in total. The summed E-state index contributed by atoms with van der Waals surface area (Å²) in [6, 6.07) is 6.41. The third kappa shape index (κ3) is 5.02. The van der Waals surface area contributed by atoms with Crippen molar-refractivity contribution in [2.24, 2.45) is 0 Å². The van der Waals surface area contributed by atoms with Crippen molar-refractivity contribution in [1.29, 1.82) is 0 Å². The standard InChI is InChI=1S/C15H21ClN2O2/c1-10(2)17-8-11-3-6-14(13(16)7-11)20-9-15(19)18-12-4-5-12/h3,6-7,10,12,17H,4-5,8-9H2,1-2H3,(H,18,19). The van der Waals surface area contributed by atoms with E-state index in [2.05, 4.69) is 24.5 Å².